The highest BCUT2D eigenvalue weighted by atomic mass is 32.2. The van der Waals surface area contributed by atoms with E-state index >= 15 is 0 Å². The van der Waals surface area contributed by atoms with E-state index in [-0.39, 0.29) is 33.7 Å². The zero-order chi connectivity index (χ0) is 17.5. The Kier molecular flexibility index (Phi) is 3.88. The van der Waals surface area contributed by atoms with Crippen LogP contribution in [0, 0.1) is 0 Å². The van der Waals surface area contributed by atoms with Crippen LogP contribution in [0.3, 0.4) is 0 Å². The van der Waals surface area contributed by atoms with E-state index in [0.717, 1.165) is 4.31 Å². The van der Waals surface area contributed by atoms with Crippen molar-refractivity contribution in [1.29, 1.82) is 0 Å². The first-order chi connectivity index (χ1) is 11.3. The monoisotopic (exact) mass is 344 g/mol. The first-order valence-corrected chi connectivity index (χ1v) is 8.86. The molecule has 2 aromatic rings. The van der Waals surface area contributed by atoms with Crippen LogP contribution >= 0.6 is 0 Å². The van der Waals surface area contributed by atoms with Crippen LogP contribution in [0.4, 0.5) is 5.69 Å². The van der Waals surface area contributed by atoms with Gasteiger partial charge in [-0.2, -0.15) is 4.31 Å². The third-order valence-electron chi connectivity index (χ3n) is 3.59. The Hall–Kier alpha value is -2.67. The Morgan fingerprint density at radius 2 is 1.75 bits per heavy atom. The van der Waals surface area contributed by atoms with Gasteiger partial charge in [0.05, 0.1) is 11.3 Å². The van der Waals surface area contributed by atoms with Crippen LogP contribution in [0.15, 0.2) is 53.4 Å². The fraction of sp³-hybridized carbons (Fsp3) is 0.176. The van der Waals surface area contributed by atoms with Gasteiger partial charge in [-0.05, 0) is 44.2 Å². The van der Waals surface area contributed by atoms with E-state index in [1.807, 2.05) is 13.8 Å². The van der Waals surface area contributed by atoms with Crippen molar-refractivity contribution < 1.29 is 18.0 Å². The number of hydrogen-bond donors (Lipinski definition) is 1. The minimum absolute atomic E-state index is 0.0694. The van der Waals surface area contributed by atoms with Crippen molar-refractivity contribution in [1.82, 2.24) is 5.32 Å². The van der Waals surface area contributed by atoms with E-state index in [0.29, 0.717) is 0 Å². The molecule has 0 saturated heterocycles. The molecular weight excluding hydrogens is 328 g/mol. The Bertz CT molecular complexity index is 921. The van der Waals surface area contributed by atoms with E-state index in [2.05, 4.69) is 5.32 Å². The van der Waals surface area contributed by atoms with E-state index < -0.39 is 15.9 Å². The zero-order valence-corrected chi connectivity index (χ0v) is 14.0. The van der Waals surface area contributed by atoms with Gasteiger partial charge in [0, 0.05) is 11.6 Å². The third kappa shape index (κ3) is 2.56. The van der Waals surface area contributed by atoms with E-state index in [1.54, 1.807) is 30.3 Å². The van der Waals surface area contributed by atoms with Crippen molar-refractivity contribution in [2.75, 3.05) is 4.31 Å². The minimum Gasteiger partial charge on any atom is -0.350 e. The minimum atomic E-state index is -4.03. The molecule has 1 aliphatic rings. The lowest BCUT2D eigenvalue weighted by atomic mass is 10.1. The molecule has 1 heterocycles. The normalized spacial score (nSPS) is 15.5. The number of nitrogens with zero attached hydrogens (tertiary/aromatic N) is 1. The Balaban J connectivity index is 2.08. The number of carbonyl (C=O) groups excluding carboxylic acids is 2. The van der Waals surface area contributed by atoms with Gasteiger partial charge in [-0.3, -0.25) is 9.59 Å². The molecule has 2 amide bonds. The lowest BCUT2D eigenvalue weighted by Gasteiger charge is -2.14. The highest BCUT2D eigenvalue weighted by Crippen LogP contribution is 2.34. The van der Waals surface area contributed by atoms with Crippen molar-refractivity contribution in [2.24, 2.45) is 0 Å². The quantitative estimate of drug-likeness (QED) is 0.925. The first kappa shape index (κ1) is 16.2. The molecule has 0 spiro atoms. The number of para-hydroxylation sites is 1. The largest absolute Gasteiger partial charge is 0.350 e. The average molecular weight is 344 g/mol. The summed E-state index contributed by atoms with van der Waals surface area (Å²) in [5.74, 6) is -0.999. The molecule has 3 rings (SSSR count). The van der Waals surface area contributed by atoms with E-state index in [1.165, 1.54) is 18.2 Å². The summed E-state index contributed by atoms with van der Waals surface area (Å²) in [5, 5.41) is 2.70. The molecule has 0 aromatic heterocycles. The van der Waals surface area contributed by atoms with Crippen molar-refractivity contribution in [3.63, 3.8) is 0 Å². The van der Waals surface area contributed by atoms with Gasteiger partial charge in [0.2, 0.25) is 0 Å². The third-order valence-corrected chi connectivity index (χ3v) is 5.34. The summed E-state index contributed by atoms with van der Waals surface area (Å²) in [6, 6.07) is 12.2. The zero-order valence-electron chi connectivity index (χ0n) is 13.2. The summed E-state index contributed by atoms with van der Waals surface area (Å²) >= 11 is 0. The fourth-order valence-electron chi connectivity index (χ4n) is 2.54. The van der Waals surface area contributed by atoms with E-state index in [4.69, 9.17) is 0 Å². The lowest BCUT2D eigenvalue weighted by Crippen LogP contribution is -2.30. The van der Waals surface area contributed by atoms with Crippen LogP contribution in [-0.2, 0) is 10.0 Å². The number of amides is 2. The predicted octanol–water partition coefficient (Wildman–Crippen LogP) is 2.17. The van der Waals surface area contributed by atoms with Gasteiger partial charge < -0.3 is 5.32 Å². The summed E-state index contributed by atoms with van der Waals surface area (Å²) in [6.07, 6.45) is 0. The molecule has 1 aliphatic heterocycles. The maximum atomic E-state index is 12.8. The number of anilines is 1. The molecule has 124 valence electrons. The average Bonchev–Trinajstić information content (AvgIpc) is 2.74. The smallest absolute Gasteiger partial charge is 0.273 e. The van der Waals surface area contributed by atoms with Gasteiger partial charge in [-0.25, -0.2) is 8.42 Å². The van der Waals surface area contributed by atoms with Crippen LogP contribution in [0.5, 0.6) is 0 Å². The number of rotatable bonds is 3. The number of nitrogens with one attached hydrogen (secondary N) is 1. The number of hydrogen-bond acceptors (Lipinski definition) is 4. The molecule has 0 aliphatic carbocycles. The molecule has 0 fully saturated rings. The Morgan fingerprint density at radius 1 is 1.08 bits per heavy atom. The van der Waals surface area contributed by atoms with Gasteiger partial charge in [0.25, 0.3) is 21.8 Å². The molecule has 1 N–H and O–H groups in total. The van der Waals surface area contributed by atoms with Crippen molar-refractivity contribution in [3.8, 4) is 0 Å². The molecule has 2 aromatic carbocycles. The number of fused-ring (bicyclic) bond motifs is 1. The van der Waals surface area contributed by atoms with Crippen LogP contribution in [0.2, 0.25) is 0 Å². The fourth-order valence-corrected chi connectivity index (χ4v) is 4.16. The van der Waals surface area contributed by atoms with Crippen LogP contribution < -0.4 is 9.62 Å². The maximum Gasteiger partial charge on any atom is 0.273 e. The highest BCUT2D eigenvalue weighted by Gasteiger charge is 2.42. The van der Waals surface area contributed by atoms with E-state index in [9.17, 15) is 18.0 Å². The molecule has 0 radical (unpaired) electrons. The summed E-state index contributed by atoms with van der Waals surface area (Å²) in [4.78, 5) is 24.5. The second-order valence-corrected chi connectivity index (χ2v) is 7.50. The van der Waals surface area contributed by atoms with Gasteiger partial charge >= 0.3 is 0 Å². The second-order valence-electron chi connectivity index (χ2n) is 5.75. The van der Waals surface area contributed by atoms with Crippen molar-refractivity contribution in [2.45, 2.75) is 24.8 Å². The lowest BCUT2D eigenvalue weighted by molar-refractivity contribution is 0.0940. The summed E-state index contributed by atoms with van der Waals surface area (Å²) in [7, 11) is -4.03. The first-order valence-electron chi connectivity index (χ1n) is 7.42. The highest BCUT2D eigenvalue weighted by molar-refractivity contribution is 7.94. The Morgan fingerprint density at radius 3 is 2.38 bits per heavy atom. The molecule has 0 saturated carbocycles. The van der Waals surface area contributed by atoms with Crippen molar-refractivity contribution >= 4 is 27.5 Å². The molecule has 0 atom stereocenters. The SMILES string of the molecule is CC(C)NC(=O)c1ccc2c(c1)S(=O)(=O)N(c1ccccc1)C2=O. The van der Waals surface area contributed by atoms with Crippen LogP contribution in [0.1, 0.15) is 34.6 Å². The van der Waals surface area contributed by atoms with Crippen LogP contribution in [0.25, 0.3) is 0 Å². The van der Waals surface area contributed by atoms with Crippen molar-refractivity contribution in [3.05, 3.63) is 59.7 Å². The van der Waals surface area contributed by atoms with Gasteiger partial charge in [-0.15, -0.1) is 0 Å². The molecule has 24 heavy (non-hydrogen) atoms. The van der Waals surface area contributed by atoms with Gasteiger partial charge in [0.15, 0.2) is 0 Å². The van der Waals surface area contributed by atoms with Gasteiger partial charge in [0.1, 0.15) is 4.90 Å². The molecular formula is C17H16N2O4S. The number of sulfonamides is 1. The standard InChI is InChI=1S/C17H16N2O4S/c1-11(2)18-16(20)12-8-9-14-15(10-12)24(22,23)19(17(14)21)13-6-4-3-5-7-13/h3-11H,1-2H3,(H,18,20). The number of benzene rings is 2. The summed E-state index contributed by atoms with van der Waals surface area (Å²) in [6.45, 7) is 3.62. The van der Waals surface area contributed by atoms with Crippen LogP contribution in [-0.4, -0.2) is 26.3 Å². The molecule has 0 bridgehead atoms. The Labute approximate surface area is 140 Å². The second kappa shape index (κ2) is 5.76. The summed E-state index contributed by atoms with van der Waals surface area (Å²) in [5.41, 5.74) is 0.542. The maximum absolute atomic E-state index is 12.8. The predicted molar refractivity (Wildman–Crippen MR) is 89.5 cm³/mol. The topological polar surface area (TPSA) is 83.6 Å². The molecule has 6 nitrogen and oxygen atoms in total. The molecule has 0 unspecified atom stereocenters. The molecule has 7 heteroatoms. The number of carbonyl (C=O) groups is 2. The summed E-state index contributed by atoms with van der Waals surface area (Å²) < 4.78 is 26.3. The van der Waals surface area contributed by atoms with Gasteiger partial charge in [-0.1, -0.05) is 18.2 Å².